The highest BCUT2D eigenvalue weighted by Gasteiger charge is 2.38. The van der Waals surface area contributed by atoms with Crippen molar-refractivity contribution in [2.24, 2.45) is 28.6 Å². The molecular formula is C32H50N2O4S. The molecule has 6 nitrogen and oxygen atoms in total. The van der Waals surface area contributed by atoms with E-state index in [1.165, 1.54) is 0 Å². The Kier molecular flexibility index (Phi) is 10.4. The molecule has 1 fully saturated rings. The zero-order valence-corrected chi connectivity index (χ0v) is 26.4. The van der Waals surface area contributed by atoms with Gasteiger partial charge in [-0.25, -0.2) is 4.98 Å². The molecule has 39 heavy (non-hydrogen) atoms. The minimum Gasteiger partial charge on any atom is -0.457 e. The maximum absolute atomic E-state index is 13.3. The second-order valence-electron chi connectivity index (χ2n) is 13.6. The van der Waals surface area contributed by atoms with Gasteiger partial charge in [-0.3, -0.25) is 9.59 Å². The molecule has 0 bridgehead atoms. The van der Waals surface area contributed by atoms with E-state index in [0.717, 1.165) is 53.0 Å². The van der Waals surface area contributed by atoms with Gasteiger partial charge < -0.3 is 14.7 Å². The van der Waals surface area contributed by atoms with Crippen LogP contribution in [0, 0.1) is 28.6 Å². The molecule has 7 heteroatoms. The Hall–Kier alpha value is -1.83. The summed E-state index contributed by atoms with van der Waals surface area (Å²) in [7, 11) is 4.08. The number of aliphatic hydroxyl groups is 1. The van der Waals surface area contributed by atoms with Gasteiger partial charge in [0.25, 0.3) is 0 Å². The van der Waals surface area contributed by atoms with Crippen LogP contribution in [0.5, 0.6) is 0 Å². The molecule has 0 saturated carbocycles. The molecule has 1 aromatic heterocycles. The highest BCUT2D eigenvalue weighted by atomic mass is 32.1. The van der Waals surface area contributed by atoms with E-state index in [0.29, 0.717) is 12.3 Å². The van der Waals surface area contributed by atoms with E-state index in [-0.39, 0.29) is 35.6 Å². The number of aliphatic hydroxyl groups excluding tert-OH is 1. The average Bonchev–Trinajstić information content (AvgIpc) is 3.25. The largest absolute Gasteiger partial charge is 0.457 e. The lowest BCUT2D eigenvalue weighted by atomic mass is 9.71. The Labute approximate surface area is 239 Å². The van der Waals surface area contributed by atoms with Gasteiger partial charge in [-0.15, -0.1) is 11.3 Å². The van der Waals surface area contributed by atoms with Crippen molar-refractivity contribution in [1.29, 1.82) is 0 Å². The molecule has 0 spiro atoms. The number of esters is 1. The second-order valence-corrected chi connectivity index (χ2v) is 14.7. The van der Waals surface area contributed by atoms with Crippen molar-refractivity contribution in [3.63, 3.8) is 0 Å². The molecule has 218 valence electrons. The number of cyclic esters (lactones) is 1. The highest BCUT2D eigenvalue weighted by molar-refractivity contribution is 7.18. The number of rotatable bonds is 3. The average molecular weight is 559 g/mol. The van der Waals surface area contributed by atoms with E-state index in [1.807, 2.05) is 41.8 Å². The van der Waals surface area contributed by atoms with Crippen molar-refractivity contribution in [3.05, 3.63) is 28.8 Å². The van der Waals surface area contributed by atoms with Crippen molar-refractivity contribution >= 4 is 33.3 Å². The Morgan fingerprint density at radius 1 is 1.10 bits per heavy atom. The summed E-state index contributed by atoms with van der Waals surface area (Å²) < 4.78 is 7.32. The van der Waals surface area contributed by atoms with Crippen LogP contribution in [0.1, 0.15) is 104 Å². The maximum atomic E-state index is 13.3. The van der Waals surface area contributed by atoms with Crippen LogP contribution < -0.4 is 0 Å². The summed E-state index contributed by atoms with van der Waals surface area (Å²) in [5.74, 6) is -0.406. The van der Waals surface area contributed by atoms with Gasteiger partial charge in [0.05, 0.1) is 16.3 Å². The zero-order chi connectivity index (χ0) is 29.1. The van der Waals surface area contributed by atoms with E-state index in [9.17, 15) is 14.7 Å². The molecule has 1 saturated heterocycles. The number of hydrogen-bond donors (Lipinski definition) is 1. The number of fused-ring (bicyclic) bond motifs is 1. The first-order valence-electron chi connectivity index (χ1n) is 14.6. The molecule has 3 rings (SSSR count). The number of carbonyl (C=O) groups is 2. The van der Waals surface area contributed by atoms with Crippen molar-refractivity contribution < 1.29 is 19.4 Å². The minimum atomic E-state index is -0.719. The number of Topliss-reactive ketones (excluding diaryl/α,β-unsaturated/α-hetero) is 1. The minimum absolute atomic E-state index is 0.00904. The molecule has 0 radical (unpaired) electrons. The van der Waals surface area contributed by atoms with Gasteiger partial charge in [0, 0.05) is 24.3 Å². The van der Waals surface area contributed by atoms with Crippen LogP contribution in [0.4, 0.5) is 0 Å². The molecule has 1 aliphatic rings. The molecular weight excluding hydrogens is 508 g/mol. The van der Waals surface area contributed by atoms with E-state index >= 15 is 0 Å². The fourth-order valence-electron chi connectivity index (χ4n) is 5.74. The fraction of sp³-hybridized carbons (Fsp3) is 0.719. The third kappa shape index (κ3) is 8.11. The summed E-state index contributed by atoms with van der Waals surface area (Å²) in [6, 6.07) is 6.26. The lowest BCUT2D eigenvalue weighted by Crippen LogP contribution is -2.39. The SMILES string of the molecule is C[C@H]1CCCC(C)(C)[C@@H](C)CC(c2ccc3sc(CN(C)C)nc3c2)OC(=O)CCC(C)(C)C(=O)[C@H](C)C1O. The van der Waals surface area contributed by atoms with Crippen molar-refractivity contribution in [2.75, 3.05) is 14.1 Å². The summed E-state index contributed by atoms with van der Waals surface area (Å²) in [5, 5.41) is 12.0. The number of hydrogen-bond acceptors (Lipinski definition) is 7. The van der Waals surface area contributed by atoms with Crippen molar-refractivity contribution in [2.45, 2.75) is 106 Å². The molecule has 5 atom stereocenters. The summed E-state index contributed by atoms with van der Waals surface area (Å²) in [6.07, 6.45) is 3.07. The van der Waals surface area contributed by atoms with Gasteiger partial charge in [-0.2, -0.15) is 0 Å². The van der Waals surface area contributed by atoms with Crippen LogP contribution in [-0.2, 0) is 20.9 Å². The van der Waals surface area contributed by atoms with Crippen LogP contribution in [0.25, 0.3) is 10.2 Å². The monoisotopic (exact) mass is 558 g/mol. The van der Waals surface area contributed by atoms with Gasteiger partial charge in [0.15, 0.2) is 0 Å². The standard InChI is InChI=1S/C32H50N2O4S/c1-20-11-10-15-31(4,5)21(2)17-25(23-12-13-26-24(18-23)33-27(39-26)19-34(8)9)38-28(35)14-16-32(6,7)30(37)22(3)29(20)36/h12-13,18,20-22,25,29,36H,10-11,14-17,19H2,1-9H3/t20-,21-,22+,25?,29?/m0/s1. The quantitative estimate of drug-likeness (QED) is 0.402. The van der Waals surface area contributed by atoms with E-state index in [2.05, 4.69) is 43.9 Å². The summed E-state index contributed by atoms with van der Waals surface area (Å²) in [4.78, 5) is 33.5. The van der Waals surface area contributed by atoms with E-state index in [1.54, 1.807) is 11.3 Å². The van der Waals surface area contributed by atoms with Crippen LogP contribution in [0.3, 0.4) is 0 Å². The van der Waals surface area contributed by atoms with Gasteiger partial charge in [-0.05, 0) is 74.7 Å². The lowest BCUT2D eigenvalue weighted by Gasteiger charge is -2.36. The lowest BCUT2D eigenvalue weighted by molar-refractivity contribution is -0.152. The summed E-state index contributed by atoms with van der Waals surface area (Å²) >= 11 is 1.70. The highest BCUT2D eigenvalue weighted by Crippen LogP contribution is 2.41. The van der Waals surface area contributed by atoms with E-state index < -0.39 is 17.4 Å². The Balaban J connectivity index is 1.91. The second kappa shape index (κ2) is 12.8. The van der Waals surface area contributed by atoms with Crippen LogP contribution in [0.15, 0.2) is 18.2 Å². The smallest absolute Gasteiger partial charge is 0.306 e. The number of thiazole rings is 1. The van der Waals surface area contributed by atoms with Gasteiger partial charge >= 0.3 is 5.97 Å². The number of ether oxygens (including phenoxy) is 1. The maximum Gasteiger partial charge on any atom is 0.306 e. The van der Waals surface area contributed by atoms with Crippen molar-refractivity contribution in [1.82, 2.24) is 9.88 Å². The summed E-state index contributed by atoms with van der Waals surface area (Å²) in [5.41, 5.74) is 1.22. The first-order chi connectivity index (χ1) is 18.1. The Morgan fingerprint density at radius 3 is 2.46 bits per heavy atom. The fourth-order valence-corrected chi connectivity index (χ4v) is 6.81. The third-order valence-corrected chi connectivity index (χ3v) is 10.1. The molecule has 1 aliphatic heterocycles. The number of nitrogens with zero attached hydrogens (tertiary/aromatic N) is 2. The van der Waals surface area contributed by atoms with Crippen molar-refractivity contribution in [3.8, 4) is 0 Å². The number of aromatic nitrogens is 1. The van der Waals surface area contributed by atoms with E-state index in [4.69, 9.17) is 9.72 Å². The molecule has 1 N–H and O–H groups in total. The molecule has 1 aromatic carbocycles. The number of carbonyl (C=O) groups excluding carboxylic acids is 2. The van der Waals surface area contributed by atoms with Crippen LogP contribution in [0.2, 0.25) is 0 Å². The predicted molar refractivity (Wildman–Crippen MR) is 160 cm³/mol. The topological polar surface area (TPSA) is 79.7 Å². The zero-order valence-electron chi connectivity index (χ0n) is 25.5. The molecule has 0 aliphatic carbocycles. The predicted octanol–water partition coefficient (Wildman–Crippen LogP) is 7.19. The first kappa shape index (κ1) is 31.7. The molecule has 0 amide bonds. The van der Waals surface area contributed by atoms with Gasteiger partial charge in [-0.1, -0.05) is 61.0 Å². The van der Waals surface area contributed by atoms with Gasteiger partial charge in [0.2, 0.25) is 0 Å². The molecule has 2 aromatic rings. The first-order valence-corrected chi connectivity index (χ1v) is 15.4. The number of ketones is 1. The Morgan fingerprint density at radius 2 is 1.79 bits per heavy atom. The third-order valence-electron chi connectivity index (χ3n) is 9.07. The molecule has 2 heterocycles. The van der Waals surface area contributed by atoms with Crippen LogP contribution >= 0.6 is 11.3 Å². The molecule has 2 unspecified atom stereocenters. The Bertz CT molecular complexity index is 1140. The van der Waals surface area contributed by atoms with Gasteiger partial charge in [0.1, 0.15) is 16.9 Å². The normalized spacial score (nSPS) is 29.5. The number of benzene rings is 1. The van der Waals surface area contributed by atoms with Crippen LogP contribution in [-0.4, -0.2) is 46.9 Å². The summed E-state index contributed by atoms with van der Waals surface area (Å²) in [6.45, 7) is 15.2.